The average Bonchev–Trinajstić information content (AvgIpc) is 2.27. The van der Waals surface area contributed by atoms with Crippen molar-refractivity contribution in [3.05, 3.63) is 0 Å². The van der Waals surface area contributed by atoms with E-state index in [0.29, 0.717) is 6.54 Å². The van der Waals surface area contributed by atoms with E-state index >= 15 is 0 Å². The van der Waals surface area contributed by atoms with Crippen molar-refractivity contribution in [2.75, 3.05) is 40.8 Å². The van der Waals surface area contributed by atoms with E-state index in [4.69, 9.17) is 10.8 Å². The molecule has 0 heterocycles. The zero-order valence-electron chi connectivity index (χ0n) is 11.3. The fraction of sp³-hybridized carbons (Fsp3) is 0.818. The summed E-state index contributed by atoms with van der Waals surface area (Å²) in [7, 11) is 5.67. The minimum Gasteiger partial charge on any atom is -0.480 e. The van der Waals surface area contributed by atoms with E-state index in [9.17, 15) is 9.59 Å². The van der Waals surface area contributed by atoms with Crippen LogP contribution in [-0.4, -0.2) is 73.7 Å². The van der Waals surface area contributed by atoms with E-state index in [1.807, 2.05) is 14.1 Å². The molecule has 0 aliphatic carbocycles. The van der Waals surface area contributed by atoms with E-state index in [2.05, 4.69) is 10.2 Å². The van der Waals surface area contributed by atoms with Gasteiger partial charge in [0.1, 0.15) is 6.04 Å². The van der Waals surface area contributed by atoms with Gasteiger partial charge in [-0.2, -0.15) is 0 Å². The number of carbonyl (C=O) groups excluding carboxylic acids is 1. The molecule has 7 nitrogen and oxygen atoms in total. The van der Waals surface area contributed by atoms with E-state index < -0.39 is 12.0 Å². The van der Waals surface area contributed by atoms with Crippen LogP contribution in [0.15, 0.2) is 0 Å². The molecule has 0 bridgehead atoms. The number of nitrogens with zero attached hydrogens (tertiary/aromatic N) is 2. The van der Waals surface area contributed by atoms with Crippen LogP contribution < -0.4 is 11.1 Å². The third-order valence-corrected chi connectivity index (χ3v) is 2.49. The Labute approximate surface area is 108 Å². The Morgan fingerprint density at radius 3 is 2.39 bits per heavy atom. The first-order valence-corrected chi connectivity index (χ1v) is 5.96. The topological polar surface area (TPSA) is 98.9 Å². The van der Waals surface area contributed by atoms with Crippen LogP contribution in [0.4, 0.5) is 4.79 Å². The molecule has 0 unspecified atom stereocenters. The first-order valence-electron chi connectivity index (χ1n) is 5.96. The Bertz CT molecular complexity index is 271. The first-order chi connectivity index (χ1) is 8.34. The maximum absolute atomic E-state index is 11.6. The molecule has 18 heavy (non-hydrogen) atoms. The van der Waals surface area contributed by atoms with Crippen molar-refractivity contribution in [2.24, 2.45) is 5.73 Å². The number of rotatable bonds is 8. The molecule has 0 aromatic rings. The second-order valence-electron chi connectivity index (χ2n) is 4.54. The molecule has 0 radical (unpaired) electrons. The summed E-state index contributed by atoms with van der Waals surface area (Å²) in [4.78, 5) is 25.7. The van der Waals surface area contributed by atoms with Crippen LogP contribution in [0.25, 0.3) is 0 Å². The number of hydrogen-bond donors (Lipinski definition) is 3. The number of urea groups is 1. The minimum atomic E-state index is -1.05. The fourth-order valence-corrected chi connectivity index (χ4v) is 1.32. The van der Waals surface area contributed by atoms with E-state index in [0.717, 1.165) is 13.0 Å². The summed E-state index contributed by atoms with van der Waals surface area (Å²) >= 11 is 0. The minimum absolute atomic E-state index is 0.202. The molecule has 0 aliphatic rings. The van der Waals surface area contributed by atoms with Crippen molar-refractivity contribution in [1.82, 2.24) is 15.1 Å². The van der Waals surface area contributed by atoms with Gasteiger partial charge in [0.25, 0.3) is 0 Å². The van der Waals surface area contributed by atoms with Crippen LogP contribution in [0, 0.1) is 0 Å². The molecule has 0 aliphatic heterocycles. The van der Waals surface area contributed by atoms with Gasteiger partial charge in [0.2, 0.25) is 0 Å². The number of aliphatic carboxylic acids is 1. The molecule has 1 atom stereocenters. The van der Waals surface area contributed by atoms with Crippen LogP contribution in [0.2, 0.25) is 0 Å². The van der Waals surface area contributed by atoms with Gasteiger partial charge >= 0.3 is 12.0 Å². The lowest BCUT2D eigenvalue weighted by molar-refractivity contribution is -0.138. The highest BCUT2D eigenvalue weighted by Gasteiger charge is 2.12. The summed E-state index contributed by atoms with van der Waals surface area (Å²) < 4.78 is 0. The summed E-state index contributed by atoms with van der Waals surface area (Å²) in [5.41, 5.74) is 5.32. The van der Waals surface area contributed by atoms with Crippen LogP contribution in [-0.2, 0) is 4.79 Å². The second kappa shape index (κ2) is 8.71. The Kier molecular flexibility index (Phi) is 8.06. The third kappa shape index (κ3) is 7.86. The number of amides is 2. The zero-order valence-corrected chi connectivity index (χ0v) is 11.3. The number of hydrogen-bond acceptors (Lipinski definition) is 4. The Morgan fingerprint density at radius 1 is 1.28 bits per heavy atom. The second-order valence-corrected chi connectivity index (χ2v) is 4.54. The van der Waals surface area contributed by atoms with Crippen molar-refractivity contribution in [2.45, 2.75) is 18.9 Å². The quantitative estimate of drug-likeness (QED) is 0.540. The van der Waals surface area contributed by atoms with Crippen molar-refractivity contribution in [3.63, 3.8) is 0 Å². The SMILES string of the molecule is CN(C)CCCN(C)C(=O)NCC[C@H](N)C(=O)O. The predicted octanol–water partition coefficient (Wildman–Crippen LogP) is -0.618. The van der Waals surface area contributed by atoms with E-state index in [1.54, 1.807) is 11.9 Å². The number of carboxylic acid groups (broad SMARTS) is 1. The van der Waals surface area contributed by atoms with Gasteiger partial charge < -0.3 is 26.0 Å². The maximum Gasteiger partial charge on any atom is 0.320 e. The fourth-order valence-electron chi connectivity index (χ4n) is 1.32. The van der Waals surface area contributed by atoms with E-state index in [-0.39, 0.29) is 19.0 Å². The lowest BCUT2D eigenvalue weighted by Gasteiger charge is -2.19. The van der Waals surface area contributed by atoms with Crippen LogP contribution in [0.5, 0.6) is 0 Å². The highest BCUT2D eigenvalue weighted by atomic mass is 16.4. The van der Waals surface area contributed by atoms with Gasteiger partial charge in [-0.05, 0) is 33.5 Å². The largest absolute Gasteiger partial charge is 0.480 e. The van der Waals surface area contributed by atoms with Crippen LogP contribution in [0.3, 0.4) is 0 Å². The van der Waals surface area contributed by atoms with Gasteiger partial charge in [-0.1, -0.05) is 0 Å². The Balaban J connectivity index is 3.71. The molecule has 7 heteroatoms. The highest BCUT2D eigenvalue weighted by molar-refractivity contribution is 5.74. The molecule has 106 valence electrons. The van der Waals surface area contributed by atoms with Gasteiger partial charge in [0, 0.05) is 20.1 Å². The molecule has 0 aromatic heterocycles. The van der Waals surface area contributed by atoms with Gasteiger partial charge in [0.15, 0.2) is 0 Å². The summed E-state index contributed by atoms with van der Waals surface area (Å²) in [5, 5.41) is 11.2. The van der Waals surface area contributed by atoms with Gasteiger partial charge in [0.05, 0.1) is 0 Å². The normalized spacial score (nSPS) is 12.3. The van der Waals surface area contributed by atoms with Crippen molar-refractivity contribution in [3.8, 4) is 0 Å². The molecule has 0 saturated carbocycles. The zero-order chi connectivity index (χ0) is 14.1. The molecular weight excluding hydrogens is 236 g/mol. The maximum atomic E-state index is 11.6. The molecule has 0 aromatic carbocycles. The monoisotopic (exact) mass is 260 g/mol. The summed E-state index contributed by atoms with van der Waals surface area (Å²) in [6.07, 6.45) is 1.12. The standard InChI is InChI=1S/C11H24N4O3/c1-14(2)7-4-8-15(3)11(18)13-6-5-9(12)10(16)17/h9H,4-8,12H2,1-3H3,(H,13,18)(H,16,17)/t9-/m0/s1. The lowest BCUT2D eigenvalue weighted by atomic mass is 10.2. The summed E-state index contributed by atoms with van der Waals surface area (Å²) in [5.74, 6) is -1.05. The Morgan fingerprint density at radius 2 is 1.89 bits per heavy atom. The third-order valence-electron chi connectivity index (χ3n) is 2.49. The average molecular weight is 260 g/mol. The van der Waals surface area contributed by atoms with Gasteiger partial charge in [-0.3, -0.25) is 4.79 Å². The summed E-state index contributed by atoms with van der Waals surface area (Å²) in [6, 6.07) is -1.13. The number of nitrogens with two attached hydrogens (primary N) is 1. The Hall–Kier alpha value is -1.34. The number of carbonyl (C=O) groups is 2. The molecule has 0 saturated heterocycles. The predicted molar refractivity (Wildman–Crippen MR) is 69.4 cm³/mol. The first kappa shape index (κ1) is 16.7. The number of carboxylic acids is 1. The smallest absolute Gasteiger partial charge is 0.320 e. The van der Waals surface area contributed by atoms with Gasteiger partial charge in [-0.25, -0.2) is 4.79 Å². The highest BCUT2D eigenvalue weighted by Crippen LogP contribution is 1.92. The molecule has 0 spiro atoms. The molecule has 0 fully saturated rings. The molecule has 0 rings (SSSR count). The van der Waals surface area contributed by atoms with Crippen LogP contribution in [0.1, 0.15) is 12.8 Å². The van der Waals surface area contributed by atoms with Crippen LogP contribution >= 0.6 is 0 Å². The lowest BCUT2D eigenvalue weighted by Crippen LogP contribution is -2.41. The van der Waals surface area contributed by atoms with E-state index in [1.165, 1.54) is 0 Å². The van der Waals surface area contributed by atoms with Crippen molar-refractivity contribution in [1.29, 1.82) is 0 Å². The van der Waals surface area contributed by atoms with Crippen molar-refractivity contribution < 1.29 is 14.7 Å². The molecular formula is C11H24N4O3. The molecule has 4 N–H and O–H groups in total. The number of nitrogens with one attached hydrogen (secondary N) is 1. The summed E-state index contributed by atoms with van der Waals surface area (Å²) in [6.45, 7) is 1.85. The van der Waals surface area contributed by atoms with Gasteiger partial charge in [-0.15, -0.1) is 0 Å². The molecule has 2 amide bonds. The van der Waals surface area contributed by atoms with Crippen molar-refractivity contribution >= 4 is 12.0 Å².